The molecule has 0 aliphatic rings. The predicted octanol–water partition coefficient (Wildman–Crippen LogP) is 2.76. The van der Waals surface area contributed by atoms with Crippen molar-refractivity contribution in [2.75, 3.05) is 0 Å². The van der Waals surface area contributed by atoms with Crippen LogP contribution in [0.4, 0.5) is 0 Å². The average molecular weight is 235 g/mol. The summed E-state index contributed by atoms with van der Waals surface area (Å²) in [5.74, 6) is 0. The van der Waals surface area contributed by atoms with Gasteiger partial charge in [0, 0.05) is 22.9 Å². The first-order valence-electron chi connectivity index (χ1n) is 5.88. The van der Waals surface area contributed by atoms with E-state index in [-0.39, 0.29) is 0 Å². The third-order valence-corrected chi connectivity index (χ3v) is 3.03. The summed E-state index contributed by atoms with van der Waals surface area (Å²) in [4.78, 5) is 0. The van der Waals surface area contributed by atoms with E-state index in [0.717, 1.165) is 27.6 Å². The number of aromatic nitrogens is 2. The average Bonchev–Trinajstić information content (AvgIpc) is 2.47. The zero-order valence-electron chi connectivity index (χ0n) is 9.88. The lowest BCUT2D eigenvalue weighted by Gasteiger charge is -2.05. The third kappa shape index (κ3) is 1.85. The maximum Gasteiger partial charge on any atom is 0.101 e. The normalized spacial score (nSPS) is 10.7. The predicted molar refractivity (Wildman–Crippen MR) is 72.9 cm³/mol. The van der Waals surface area contributed by atoms with Crippen molar-refractivity contribution >= 4 is 10.8 Å². The summed E-state index contributed by atoms with van der Waals surface area (Å²) >= 11 is 0. The molecule has 3 nitrogen and oxygen atoms in total. The van der Waals surface area contributed by atoms with Crippen LogP contribution in [-0.2, 0) is 6.54 Å². The summed E-state index contributed by atoms with van der Waals surface area (Å²) in [6, 6.07) is 16.3. The molecule has 0 saturated carbocycles. The van der Waals surface area contributed by atoms with Gasteiger partial charge in [0.15, 0.2) is 0 Å². The lowest BCUT2D eigenvalue weighted by Crippen LogP contribution is -1.96. The van der Waals surface area contributed by atoms with E-state index in [2.05, 4.69) is 16.3 Å². The van der Waals surface area contributed by atoms with Crippen molar-refractivity contribution in [1.29, 1.82) is 0 Å². The first-order chi connectivity index (χ1) is 8.88. The number of benzene rings is 2. The summed E-state index contributed by atoms with van der Waals surface area (Å²) in [7, 11) is 0. The van der Waals surface area contributed by atoms with Crippen LogP contribution >= 0.6 is 0 Å². The molecule has 0 fully saturated rings. The summed E-state index contributed by atoms with van der Waals surface area (Å²) in [6.45, 7) is 0.557. The Kier molecular flexibility index (Phi) is 2.74. The molecule has 18 heavy (non-hydrogen) atoms. The van der Waals surface area contributed by atoms with Crippen LogP contribution in [0.1, 0.15) is 5.56 Å². The second-order valence-corrected chi connectivity index (χ2v) is 4.18. The minimum Gasteiger partial charge on any atom is -0.326 e. The lowest BCUT2D eigenvalue weighted by atomic mass is 10.0. The molecule has 1 heterocycles. The molecule has 0 aliphatic carbocycles. The Balaban J connectivity index is 2.18. The van der Waals surface area contributed by atoms with Gasteiger partial charge >= 0.3 is 0 Å². The quantitative estimate of drug-likeness (QED) is 0.743. The molecule has 1 aromatic heterocycles. The molecular formula is C15H13N3. The van der Waals surface area contributed by atoms with Crippen LogP contribution in [0.2, 0.25) is 0 Å². The van der Waals surface area contributed by atoms with Gasteiger partial charge in [-0.3, -0.25) is 0 Å². The number of hydrogen-bond acceptors (Lipinski definition) is 3. The van der Waals surface area contributed by atoms with E-state index in [9.17, 15) is 0 Å². The van der Waals surface area contributed by atoms with Gasteiger partial charge < -0.3 is 5.73 Å². The molecule has 0 aliphatic heterocycles. The van der Waals surface area contributed by atoms with Crippen LogP contribution < -0.4 is 5.73 Å². The second kappa shape index (κ2) is 4.55. The molecular weight excluding hydrogens is 222 g/mol. The highest BCUT2D eigenvalue weighted by Crippen LogP contribution is 2.25. The van der Waals surface area contributed by atoms with Gasteiger partial charge in [0.2, 0.25) is 0 Å². The van der Waals surface area contributed by atoms with Gasteiger partial charge in [0.05, 0.1) is 6.20 Å². The molecule has 0 unspecified atom stereocenters. The fourth-order valence-corrected chi connectivity index (χ4v) is 2.04. The zero-order valence-corrected chi connectivity index (χ0v) is 9.88. The molecule has 0 saturated heterocycles. The molecule has 0 amide bonds. The van der Waals surface area contributed by atoms with Crippen molar-refractivity contribution in [3.8, 4) is 11.3 Å². The van der Waals surface area contributed by atoms with E-state index >= 15 is 0 Å². The van der Waals surface area contributed by atoms with E-state index < -0.39 is 0 Å². The molecule has 3 aromatic rings. The summed E-state index contributed by atoms with van der Waals surface area (Å²) in [5.41, 5.74) is 8.70. The van der Waals surface area contributed by atoms with Crippen molar-refractivity contribution in [3.05, 3.63) is 60.3 Å². The Morgan fingerprint density at radius 1 is 0.944 bits per heavy atom. The Labute approximate surface area is 105 Å². The van der Waals surface area contributed by atoms with E-state index in [0.29, 0.717) is 6.54 Å². The van der Waals surface area contributed by atoms with Crippen LogP contribution in [-0.4, -0.2) is 10.2 Å². The first kappa shape index (κ1) is 10.9. The molecule has 2 aromatic carbocycles. The fourth-order valence-electron chi connectivity index (χ4n) is 2.04. The van der Waals surface area contributed by atoms with Gasteiger partial charge in [-0.1, -0.05) is 48.5 Å². The van der Waals surface area contributed by atoms with Gasteiger partial charge in [-0.15, -0.1) is 5.10 Å². The number of hydrogen-bond donors (Lipinski definition) is 1. The van der Waals surface area contributed by atoms with Gasteiger partial charge in [-0.2, -0.15) is 5.10 Å². The van der Waals surface area contributed by atoms with E-state index in [1.54, 1.807) is 6.20 Å². The second-order valence-electron chi connectivity index (χ2n) is 4.18. The van der Waals surface area contributed by atoms with Crippen molar-refractivity contribution in [2.24, 2.45) is 5.73 Å². The Hall–Kier alpha value is -2.26. The minimum atomic E-state index is 0.557. The summed E-state index contributed by atoms with van der Waals surface area (Å²) < 4.78 is 0. The largest absolute Gasteiger partial charge is 0.326 e. The van der Waals surface area contributed by atoms with Crippen molar-refractivity contribution in [2.45, 2.75) is 6.54 Å². The Morgan fingerprint density at radius 3 is 2.50 bits per heavy atom. The van der Waals surface area contributed by atoms with Crippen molar-refractivity contribution in [3.63, 3.8) is 0 Å². The first-order valence-corrected chi connectivity index (χ1v) is 5.88. The molecule has 2 N–H and O–H groups in total. The zero-order chi connectivity index (χ0) is 12.4. The number of rotatable bonds is 2. The van der Waals surface area contributed by atoms with Gasteiger partial charge in [0.25, 0.3) is 0 Å². The molecule has 0 spiro atoms. The highest BCUT2D eigenvalue weighted by atomic mass is 15.1. The van der Waals surface area contributed by atoms with E-state index in [1.807, 2.05) is 42.5 Å². The van der Waals surface area contributed by atoms with Gasteiger partial charge in [-0.25, -0.2) is 0 Å². The Morgan fingerprint density at radius 2 is 1.72 bits per heavy atom. The molecule has 3 heteroatoms. The SMILES string of the molecule is NCc1ccc(-c2nncc3ccccc23)cc1. The fraction of sp³-hybridized carbons (Fsp3) is 0.0667. The van der Waals surface area contributed by atoms with Crippen molar-refractivity contribution in [1.82, 2.24) is 10.2 Å². The van der Waals surface area contributed by atoms with Crippen LogP contribution in [0.15, 0.2) is 54.7 Å². The summed E-state index contributed by atoms with van der Waals surface area (Å²) in [6.07, 6.45) is 1.78. The topological polar surface area (TPSA) is 51.8 Å². The molecule has 88 valence electrons. The molecule has 0 atom stereocenters. The molecule has 3 rings (SSSR count). The van der Waals surface area contributed by atoms with Gasteiger partial charge in [-0.05, 0) is 5.56 Å². The van der Waals surface area contributed by atoms with Crippen LogP contribution in [0.3, 0.4) is 0 Å². The summed E-state index contributed by atoms with van der Waals surface area (Å²) in [5, 5.41) is 10.5. The highest BCUT2D eigenvalue weighted by Gasteiger charge is 2.05. The maximum atomic E-state index is 5.60. The monoisotopic (exact) mass is 235 g/mol. The van der Waals surface area contributed by atoms with Crippen LogP contribution in [0, 0.1) is 0 Å². The maximum absolute atomic E-state index is 5.60. The smallest absolute Gasteiger partial charge is 0.101 e. The van der Waals surface area contributed by atoms with Crippen LogP contribution in [0.25, 0.3) is 22.0 Å². The standard InChI is InChI=1S/C15H13N3/c16-9-11-5-7-12(8-6-11)15-14-4-2-1-3-13(14)10-17-18-15/h1-8,10H,9,16H2. The third-order valence-electron chi connectivity index (χ3n) is 3.03. The lowest BCUT2D eigenvalue weighted by molar-refractivity contribution is 1.05. The highest BCUT2D eigenvalue weighted by molar-refractivity contribution is 5.93. The Bertz CT molecular complexity index is 669. The number of nitrogens with two attached hydrogens (primary N) is 1. The van der Waals surface area contributed by atoms with Crippen molar-refractivity contribution < 1.29 is 0 Å². The van der Waals surface area contributed by atoms with Gasteiger partial charge in [0.1, 0.15) is 5.69 Å². The van der Waals surface area contributed by atoms with E-state index in [4.69, 9.17) is 5.73 Å². The molecule has 0 radical (unpaired) electrons. The van der Waals surface area contributed by atoms with Crippen LogP contribution in [0.5, 0.6) is 0 Å². The van der Waals surface area contributed by atoms with E-state index in [1.165, 1.54) is 0 Å². The minimum absolute atomic E-state index is 0.557. The number of fused-ring (bicyclic) bond motifs is 1. The molecule has 0 bridgehead atoms. The number of nitrogens with zero attached hydrogens (tertiary/aromatic N) is 2.